The van der Waals surface area contributed by atoms with Crippen molar-refractivity contribution >= 4 is 39.1 Å². The summed E-state index contributed by atoms with van der Waals surface area (Å²) in [7, 11) is -2.78. The van der Waals surface area contributed by atoms with Gasteiger partial charge in [-0.2, -0.15) is 0 Å². The fourth-order valence-electron chi connectivity index (χ4n) is 3.87. The second-order valence-corrected chi connectivity index (χ2v) is 11.6. The maximum Gasteiger partial charge on any atom is 0.264 e. The molecule has 0 aliphatic heterocycles. The lowest BCUT2D eigenvalue weighted by Gasteiger charge is -2.32. The maximum atomic E-state index is 13.9. The molecule has 3 aromatic rings. The quantitative estimate of drug-likeness (QED) is 0.320. The number of rotatable bonds is 12. The van der Waals surface area contributed by atoms with Gasteiger partial charge >= 0.3 is 0 Å². The van der Waals surface area contributed by atoms with E-state index in [4.69, 9.17) is 16.3 Å². The number of ether oxygens (including phenoxy) is 1. The Bertz CT molecular complexity index is 1420. The molecule has 0 aliphatic rings. The Hall–Kier alpha value is -3.63. The van der Waals surface area contributed by atoms with Crippen LogP contribution in [0.3, 0.4) is 0 Å². The summed E-state index contributed by atoms with van der Waals surface area (Å²) >= 11 is 6.18. The predicted octanol–water partition coefficient (Wildman–Crippen LogP) is 5.02. The lowest BCUT2D eigenvalue weighted by atomic mass is 10.1. The zero-order valence-corrected chi connectivity index (χ0v) is 24.4. The molecule has 1 N–H and O–H groups in total. The Labute approximate surface area is 239 Å². The number of nitrogens with zero attached hydrogens (tertiary/aromatic N) is 2. The Balaban J connectivity index is 2.02. The van der Waals surface area contributed by atoms with E-state index in [0.717, 1.165) is 4.31 Å². The minimum Gasteiger partial charge on any atom is -0.497 e. The Kier molecular flexibility index (Phi) is 10.5. The summed E-state index contributed by atoms with van der Waals surface area (Å²) in [5, 5.41) is 3.15. The average molecular weight is 590 g/mol. The molecule has 214 valence electrons. The first-order chi connectivity index (χ1) is 19.0. The van der Waals surface area contributed by atoms with Gasteiger partial charge in [0.1, 0.15) is 24.2 Å². The van der Waals surface area contributed by atoms with Crippen LogP contribution in [0.4, 0.5) is 10.1 Å². The van der Waals surface area contributed by atoms with E-state index in [1.807, 2.05) is 13.8 Å². The predicted molar refractivity (Wildman–Crippen MR) is 153 cm³/mol. The summed E-state index contributed by atoms with van der Waals surface area (Å²) in [5.41, 5.74) is 0.750. The third-order valence-corrected chi connectivity index (χ3v) is 8.48. The van der Waals surface area contributed by atoms with Gasteiger partial charge in [-0.25, -0.2) is 12.8 Å². The molecule has 8 nitrogen and oxygen atoms in total. The molecule has 0 unspecified atom stereocenters. The van der Waals surface area contributed by atoms with Gasteiger partial charge in [0.15, 0.2) is 0 Å². The SMILES string of the molecule is CC[C@H](C)NC(=O)[C@@H](C)N(Cc1ccc(F)cc1)C(=O)CN(c1cccc(Cl)c1)S(=O)(=O)c1ccc(OC)cc1. The van der Waals surface area contributed by atoms with E-state index in [9.17, 15) is 22.4 Å². The van der Waals surface area contributed by atoms with E-state index < -0.39 is 40.2 Å². The van der Waals surface area contributed by atoms with Crippen molar-refractivity contribution in [1.29, 1.82) is 0 Å². The highest BCUT2D eigenvalue weighted by Gasteiger charge is 2.33. The van der Waals surface area contributed by atoms with Crippen molar-refractivity contribution in [2.24, 2.45) is 0 Å². The summed E-state index contributed by atoms with van der Waals surface area (Å²) < 4.78 is 47.3. The van der Waals surface area contributed by atoms with Crippen LogP contribution >= 0.6 is 11.6 Å². The molecule has 0 saturated carbocycles. The number of hydrogen-bond donors (Lipinski definition) is 1. The van der Waals surface area contributed by atoms with Crippen LogP contribution in [0, 0.1) is 5.82 Å². The molecule has 0 radical (unpaired) electrons. The number of sulfonamides is 1. The number of nitrogens with one attached hydrogen (secondary N) is 1. The van der Waals surface area contributed by atoms with Crippen LogP contribution in [0.1, 0.15) is 32.8 Å². The molecular formula is C29H33ClFN3O5S. The first kappa shape index (κ1) is 30.9. The van der Waals surface area contributed by atoms with Crippen LogP contribution in [-0.2, 0) is 26.2 Å². The normalized spacial score (nSPS) is 12.8. The monoisotopic (exact) mass is 589 g/mol. The van der Waals surface area contributed by atoms with Crippen molar-refractivity contribution in [3.05, 3.63) is 89.2 Å². The molecule has 0 heterocycles. The summed E-state index contributed by atoms with van der Waals surface area (Å²) in [6.45, 7) is 4.68. The fourth-order valence-corrected chi connectivity index (χ4v) is 5.46. The van der Waals surface area contributed by atoms with Gasteiger partial charge in [0.05, 0.1) is 17.7 Å². The minimum absolute atomic E-state index is 0.0415. The molecule has 0 aromatic heterocycles. The minimum atomic E-state index is -4.25. The average Bonchev–Trinajstić information content (AvgIpc) is 2.94. The number of methoxy groups -OCH3 is 1. The van der Waals surface area contributed by atoms with E-state index in [0.29, 0.717) is 17.7 Å². The van der Waals surface area contributed by atoms with E-state index in [1.165, 1.54) is 72.7 Å². The van der Waals surface area contributed by atoms with Crippen molar-refractivity contribution in [1.82, 2.24) is 10.2 Å². The standard InChI is InChI=1S/C29H33ClFN3O5S/c1-5-20(2)32-29(36)21(3)33(18-22-9-11-24(31)12-10-22)28(35)19-34(25-8-6-7-23(30)17-25)40(37,38)27-15-13-26(39-4)14-16-27/h6-17,20-21H,5,18-19H2,1-4H3,(H,32,36)/t20-,21+/m0/s1. The first-order valence-corrected chi connectivity index (χ1v) is 14.5. The molecule has 0 saturated heterocycles. The first-order valence-electron chi connectivity index (χ1n) is 12.7. The number of hydrogen-bond acceptors (Lipinski definition) is 5. The zero-order chi connectivity index (χ0) is 29.4. The lowest BCUT2D eigenvalue weighted by Crippen LogP contribution is -2.52. The summed E-state index contributed by atoms with van der Waals surface area (Å²) in [6, 6.07) is 16.4. The van der Waals surface area contributed by atoms with Crippen LogP contribution in [0.25, 0.3) is 0 Å². The van der Waals surface area contributed by atoms with Gasteiger partial charge in [0.25, 0.3) is 10.0 Å². The van der Waals surface area contributed by atoms with Crippen LogP contribution in [-0.4, -0.2) is 50.9 Å². The third kappa shape index (κ3) is 7.73. The number of amides is 2. The molecular weight excluding hydrogens is 557 g/mol. The number of carbonyl (C=O) groups excluding carboxylic acids is 2. The second kappa shape index (κ2) is 13.6. The molecule has 2 atom stereocenters. The number of benzene rings is 3. The van der Waals surface area contributed by atoms with Gasteiger partial charge in [-0.05, 0) is 80.4 Å². The molecule has 11 heteroatoms. The van der Waals surface area contributed by atoms with Crippen molar-refractivity contribution in [2.45, 2.75) is 50.7 Å². The molecule has 0 spiro atoms. The number of carbonyl (C=O) groups is 2. The maximum absolute atomic E-state index is 13.9. The Morgan fingerprint density at radius 2 is 1.68 bits per heavy atom. The van der Waals surface area contributed by atoms with E-state index in [2.05, 4.69) is 5.32 Å². The van der Waals surface area contributed by atoms with Gasteiger partial charge in [-0.15, -0.1) is 0 Å². The number of halogens is 2. The van der Waals surface area contributed by atoms with Gasteiger partial charge in [-0.1, -0.05) is 36.7 Å². The van der Waals surface area contributed by atoms with E-state index >= 15 is 0 Å². The number of anilines is 1. The van der Waals surface area contributed by atoms with Crippen molar-refractivity contribution < 1.29 is 27.1 Å². The largest absolute Gasteiger partial charge is 0.497 e. The van der Waals surface area contributed by atoms with Crippen molar-refractivity contribution in [3.63, 3.8) is 0 Å². The molecule has 3 aromatic carbocycles. The third-order valence-electron chi connectivity index (χ3n) is 6.46. The fraction of sp³-hybridized carbons (Fsp3) is 0.310. The molecule has 0 fully saturated rings. The van der Waals surface area contributed by atoms with Gasteiger partial charge in [0, 0.05) is 17.6 Å². The van der Waals surface area contributed by atoms with Crippen LogP contribution in [0.2, 0.25) is 5.02 Å². The zero-order valence-electron chi connectivity index (χ0n) is 22.8. The van der Waals surface area contributed by atoms with Crippen molar-refractivity contribution in [3.8, 4) is 5.75 Å². The van der Waals surface area contributed by atoms with E-state index in [1.54, 1.807) is 19.1 Å². The molecule has 3 rings (SSSR count). The molecule has 2 amide bonds. The molecule has 40 heavy (non-hydrogen) atoms. The van der Waals surface area contributed by atoms with Gasteiger partial charge in [0.2, 0.25) is 11.8 Å². The smallest absolute Gasteiger partial charge is 0.264 e. The van der Waals surface area contributed by atoms with Crippen molar-refractivity contribution in [2.75, 3.05) is 18.0 Å². The summed E-state index contributed by atoms with van der Waals surface area (Å²) in [6.07, 6.45) is 0.688. The summed E-state index contributed by atoms with van der Waals surface area (Å²) in [5.74, 6) is -0.997. The molecule has 0 bridgehead atoms. The van der Waals surface area contributed by atoms with E-state index in [-0.39, 0.29) is 28.2 Å². The highest BCUT2D eigenvalue weighted by atomic mass is 35.5. The Morgan fingerprint density at radius 3 is 2.25 bits per heavy atom. The van der Waals surface area contributed by atoms with Crippen LogP contribution in [0.15, 0.2) is 77.7 Å². The summed E-state index contributed by atoms with van der Waals surface area (Å²) in [4.78, 5) is 28.2. The highest BCUT2D eigenvalue weighted by Crippen LogP contribution is 2.28. The molecule has 0 aliphatic carbocycles. The Morgan fingerprint density at radius 1 is 1.02 bits per heavy atom. The van der Waals surface area contributed by atoms with Gasteiger partial charge in [-0.3, -0.25) is 13.9 Å². The topological polar surface area (TPSA) is 96.0 Å². The van der Waals surface area contributed by atoms with Gasteiger partial charge < -0.3 is 15.0 Å². The highest BCUT2D eigenvalue weighted by molar-refractivity contribution is 7.92. The lowest BCUT2D eigenvalue weighted by molar-refractivity contribution is -0.139. The van der Waals surface area contributed by atoms with Crippen LogP contribution < -0.4 is 14.4 Å². The van der Waals surface area contributed by atoms with Crippen LogP contribution in [0.5, 0.6) is 5.75 Å². The second-order valence-electron chi connectivity index (χ2n) is 9.31.